The topological polar surface area (TPSA) is 310 Å². The number of amides is 6. The molecular weight excluding hydrogens is 921 g/mol. The zero-order valence-corrected chi connectivity index (χ0v) is 40.9. The summed E-state index contributed by atoms with van der Waals surface area (Å²) < 4.78 is 32.7. The minimum absolute atomic E-state index is 0.184. The van der Waals surface area contributed by atoms with Crippen molar-refractivity contribution in [2.45, 2.75) is 72.8 Å². The lowest BCUT2D eigenvalue weighted by Crippen LogP contribution is -2.34. The van der Waals surface area contributed by atoms with E-state index in [4.69, 9.17) is 36.1 Å². The summed E-state index contributed by atoms with van der Waals surface area (Å²) in [7, 11) is 3.47. The number of fused-ring (bicyclic) bond motifs is 2. The molecule has 0 aliphatic carbocycles. The van der Waals surface area contributed by atoms with Crippen LogP contribution in [0.3, 0.4) is 0 Å². The Morgan fingerprint density at radius 2 is 1.07 bits per heavy atom. The quantitative estimate of drug-likeness (QED) is 0.0541. The van der Waals surface area contributed by atoms with Gasteiger partial charge in [0.15, 0.2) is 0 Å². The van der Waals surface area contributed by atoms with Crippen LogP contribution in [0.25, 0.3) is 22.1 Å². The molecule has 6 aromatic rings. The van der Waals surface area contributed by atoms with Gasteiger partial charge in [0.05, 0.1) is 72.6 Å². The van der Waals surface area contributed by atoms with Gasteiger partial charge in [0.2, 0.25) is 34.9 Å². The molecule has 24 heteroatoms. The van der Waals surface area contributed by atoms with Gasteiger partial charge >= 0.3 is 0 Å². The number of benzene rings is 2. The number of nitrogens with two attached hydrogens (primary N) is 3. The lowest BCUT2D eigenvalue weighted by atomic mass is 10.1. The summed E-state index contributed by atoms with van der Waals surface area (Å²) in [6.07, 6.45) is -0.0706. The van der Waals surface area contributed by atoms with Crippen molar-refractivity contribution in [2.75, 3.05) is 52.8 Å². The Morgan fingerprint density at radius 3 is 1.51 bits per heavy atom. The Balaban J connectivity index is 1.29. The predicted octanol–water partition coefficient (Wildman–Crippen LogP) is 0.520. The van der Waals surface area contributed by atoms with Crippen LogP contribution in [0.1, 0.15) is 79.8 Å². The van der Waals surface area contributed by atoms with Crippen LogP contribution in [0.5, 0.6) is 0 Å². The van der Waals surface area contributed by atoms with E-state index in [-0.39, 0.29) is 101 Å². The molecule has 71 heavy (non-hydrogen) atoms. The predicted molar refractivity (Wildman–Crippen MR) is 258 cm³/mol. The number of carbonyl (C=O) groups is 6. The molecule has 0 saturated heterocycles. The van der Waals surface area contributed by atoms with Crippen LogP contribution < -0.4 is 33.8 Å². The molecule has 380 valence electrons. The van der Waals surface area contributed by atoms with E-state index in [1.165, 1.54) is 0 Å². The number of aromatic nitrogens is 8. The third-order valence-corrected chi connectivity index (χ3v) is 11.5. The minimum atomic E-state index is -0.637. The van der Waals surface area contributed by atoms with Crippen molar-refractivity contribution in [2.24, 2.45) is 41.3 Å². The zero-order chi connectivity index (χ0) is 51.4. The van der Waals surface area contributed by atoms with E-state index < -0.39 is 41.5 Å². The number of rotatable bonds is 26. The second kappa shape index (κ2) is 24.3. The van der Waals surface area contributed by atoms with E-state index in [1.54, 1.807) is 95.0 Å². The van der Waals surface area contributed by atoms with Crippen molar-refractivity contribution >= 4 is 57.5 Å². The summed E-state index contributed by atoms with van der Waals surface area (Å²) in [5.41, 5.74) is 21.9. The van der Waals surface area contributed by atoms with E-state index >= 15 is 0 Å². The maximum atomic E-state index is 13.9. The molecule has 0 unspecified atom stereocenters. The van der Waals surface area contributed by atoms with Crippen molar-refractivity contribution in [3.05, 3.63) is 93.7 Å². The summed E-state index contributed by atoms with van der Waals surface area (Å²) in [4.78, 5) is 85.6. The molecule has 0 spiro atoms. The van der Waals surface area contributed by atoms with Gasteiger partial charge in [-0.15, -0.1) is 0 Å². The molecule has 0 fully saturated rings. The van der Waals surface area contributed by atoms with Gasteiger partial charge < -0.3 is 59.7 Å². The maximum Gasteiger partial charge on any atom is 0.298 e. The van der Waals surface area contributed by atoms with Crippen molar-refractivity contribution in [1.82, 2.24) is 43.1 Å². The van der Waals surface area contributed by atoms with Gasteiger partial charge in [0, 0.05) is 57.9 Å². The summed E-state index contributed by atoms with van der Waals surface area (Å²) in [5, 5.41) is 11.6. The van der Waals surface area contributed by atoms with Crippen molar-refractivity contribution in [3.8, 4) is 0 Å². The van der Waals surface area contributed by atoms with Crippen LogP contribution in [0.15, 0.2) is 58.5 Å². The fourth-order valence-electron chi connectivity index (χ4n) is 8.04. The summed E-state index contributed by atoms with van der Waals surface area (Å²) in [6.45, 7) is 9.57. The highest BCUT2D eigenvalue weighted by Crippen LogP contribution is 2.20. The largest absolute Gasteiger partial charge is 0.377 e. The molecule has 6 amide bonds. The minimum Gasteiger partial charge on any atom is -0.377 e. The first kappa shape index (κ1) is 52.8. The van der Waals surface area contributed by atoms with Crippen LogP contribution in [-0.4, -0.2) is 132 Å². The van der Waals surface area contributed by atoms with Crippen LogP contribution in [0.4, 0.5) is 0 Å². The number of nitrogens with one attached hydrogen (secondary N) is 1. The first-order valence-corrected chi connectivity index (χ1v) is 23.2. The van der Waals surface area contributed by atoms with E-state index in [0.717, 1.165) is 0 Å². The van der Waals surface area contributed by atoms with Gasteiger partial charge in [-0.05, 0) is 89.1 Å². The zero-order valence-electron chi connectivity index (χ0n) is 40.9. The molecule has 2 aromatic carbocycles. The van der Waals surface area contributed by atoms with Crippen LogP contribution >= 0.6 is 0 Å². The lowest BCUT2D eigenvalue weighted by Gasteiger charge is -2.19. The third-order valence-electron chi connectivity index (χ3n) is 11.5. The SMILES string of the molecule is CCn1nc(C)cc1C(=O)N=c1n(C)c2cc(C(N)=O)ccc2n1CCC(CCn1c(=NC(=O)c2cc(C)nn2CC)n(C)c2cc(C(N)=O)ccc21)OCC(=O)NCCOCCOCCOCC(N)=O. The Morgan fingerprint density at radius 1 is 0.620 bits per heavy atom. The Bertz CT molecular complexity index is 2900. The molecular formula is C47H62N14O10. The van der Waals surface area contributed by atoms with Gasteiger partial charge in [-0.3, -0.25) is 38.1 Å². The number of carbonyl (C=O) groups excluding carboxylic acids is 6. The van der Waals surface area contributed by atoms with E-state index in [0.29, 0.717) is 57.9 Å². The van der Waals surface area contributed by atoms with Gasteiger partial charge in [-0.1, -0.05) is 0 Å². The molecule has 0 aliphatic rings. The van der Waals surface area contributed by atoms with Crippen molar-refractivity contribution in [1.29, 1.82) is 0 Å². The normalized spacial score (nSPS) is 12.6. The number of ether oxygens (including phenoxy) is 4. The summed E-state index contributed by atoms with van der Waals surface area (Å²) >= 11 is 0. The smallest absolute Gasteiger partial charge is 0.298 e. The number of aryl methyl sites for hydroxylation is 8. The van der Waals surface area contributed by atoms with E-state index in [1.807, 2.05) is 23.0 Å². The van der Waals surface area contributed by atoms with Crippen LogP contribution in [0, 0.1) is 13.8 Å². The van der Waals surface area contributed by atoms with E-state index in [2.05, 4.69) is 25.5 Å². The summed E-state index contributed by atoms with van der Waals surface area (Å²) in [6, 6.07) is 13.3. The Hall–Kier alpha value is -7.54. The second-order valence-corrected chi connectivity index (χ2v) is 16.6. The van der Waals surface area contributed by atoms with Crippen molar-refractivity contribution in [3.63, 3.8) is 0 Å². The number of hydrogen-bond donors (Lipinski definition) is 4. The molecule has 0 bridgehead atoms. The van der Waals surface area contributed by atoms with Crippen molar-refractivity contribution < 1.29 is 47.7 Å². The molecule has 6 rings (SSSR count). The lowest BCUT2D eigenvalue weighted by molar-refractivity contribution is -0.128. The van der Waals surface area contributed by atoms with Gasteiger partial charge in [-0.2, -0.15) is 20.2 Å². The Labute approximate surface area is 408 Å². The average Bonchev–Trinajstić information content (AvgIpc) is 4.07. The molecule has 0 aliphatic heterocycles. The molecule has 24 nitrogen and oxygen atoms in total. The van der Waals surface area contributed by atoms with Gasteiger partial charge in [-0.25, -0.2) is 0 Å². The molecule has 0 saturated carbocycles. The monoisotopic (exact) mass is 982 g/mol. The highest BCUT2D eigenvalue weighted by atomic mass is 16.5. The van der Waals surface area contributed by atoms with Crippen LogP contribution in [0.2, 0.25) is 0 Å². The Kier molecular flexibility index (Phi) is 18.1. The average molecular weight is 983 g/mol. The number of nitrogens with zero attached hydrogens (tertiary/aromatic N) is 10. The molecule has 0 radical (unpaired) electrons. The molecule has 0 atom stereocenters. The highest BCUT2D eigenvalue weighted by Gasteiger charge is 2.22. The number of imidazole rings is 2. The third kappa shape index (κ3) is 13.2. The molecule has 4 aromatic heterocycles. The standard InChI is InChI=1S/C47H62N14O10/c1-7-60-38(23-29(3)54-60)44(66)52-46-56(5)36-25-31(42(49)64)9-11-34(36)58(46)16-13-33(71-28-41(63)51-15-18-68-19-20-69-21-22-70-27-40(48)62)14-17-59-35-12-10-32(43(50)65)26-37(35)57(6)47(59)53-45(67)39-24-30(4)55-61(39)8-2/h9-12,23-26,33H,7-8,13-22,27-28H2,1-6H3,(H2,48,62)(H2,49,64)(H2,50,65)(H,51,63). The first-order valence-electron chi connectivity index (χ1n) is 23.2. The first-order chi connectivity index (χ1) is 34.0. The van der Waals surface area contributed by atoms with Gasteiger partial charge in [0.1, 0.15) is 24.6 Å². The molecule has 7 N–H and O–H groups in total. The van der Waals surface area contributed by atoms with E-state index in [9.17, 15) is 28.8 Å². The second-order valence-electron chi connectivity index (χ2n) is 16.6. The summed E-state index contributed by atoms with van der Waals surface area (Å²) in [5.74, 6) is -3.26. The highest BCUT2D eigenvalue weighted by molar-refractivity contribution is 5.98. The number of hydrogen-bond acceptors (Lipinski definition) is 12. The maximum absolute atomic E-state index is 13.9. The van der Waals surface area contributed by atoms with Crippen LogP contribution in [-0.2, 0) is 68.8 Å². The fraction of sp³-hybridized carbons (Fsp3) is 0.447. The van der Waals surface area contributed by atoms with Gasteiger partial charge in [0.25, 0.3) is 11.8 Å². The fourth-order valence-corrected chi connectivity index (χ4v) is 8.04. The molecule has 4 heterocycles. The number of primary amides is 3.